The third-order valence-electron chi connectivity index (χ3n) is 3.00. The zero-order chi connectivity index (χ0) is 17.9. The van der Waals surface area contributed by atoms with E-state index in [2.05, 4.69) is 17.2 Å². The van der Waals surface area contributed by atoms with Gasteiger partial charge in [0, 0.05) is 6.42 Å². The second-order valence-electron chi connectivity index (χ2n) is 4.77. The number of hydrogen-bond acceptors (Lipinski definition) is 4. The largest absolute Gasteiger partial charge is 0.477 e. The van der Waals surface area contributed by atoms with Gasteiger partial charge in [-0.1, -0.05) is 49.1 Å². The number of amides is 2. The van der Waals surface area contributed by atoms with Gasteiger partial charge in [-0.05, 0) is 12.5 Å². The lowest BCUT2D eigenvalue weighted by atomic mass is 10.1. The lowest BCUT2D eigenvalue weighted by Crippen LogP contribution is -2.48. The minimum Gasteiger partial charge on any atom is -0.477 e. The van der Waals surface area contributed by atoms with Crippen LogP contribution in [-0.2, 0) is 20.7 Å². The van der Waals surface area contributed by atoms with Crippen molar-refractivity contribution in [3.05, 3.63) is 60.3 Å². The number of carboxylic acid groups (broad SMARTS) is 1. The summed E-state index contributed by atoms with van der Waals surface area (Å²) in [4.78, 5) is 35.0. The van der Waals surface area contributed by atoms with E-state index in [1.54, 1.807) is 24.3 Å². The molecule has 128 valence electrons. The van der Waals surface area contributed by atoms with E-state index in [4.69, 9.17) is 9.84 Å². The van der Waals surface area contributed by atoms with Crippen molar-refractivity contribution in [3.63, 3.8) is 0 Å². The van der Waals surface area contributed by atoms with Gasteiger partial charge in [-0.3, -0.25) is 4.79 Å². The van der Waals surface area contributed by atoms with Crippen LogP contribution in [0.5, 0.6) is 0 Å². The standard InChI is InChI=1S/C17H20N2O5/c1-3-10-24-17(23)19-14(11-12-8-6-5-7-9-12)15(20)18-13(4-2)16(21)22/h3-9,14H,1,10-11H2,2H3,(H,18,20)(H,19,23)(H,21,22)/b13-4-/t14-/m0/s1. The van der Waals surface area contributed by atoms with Crippen molar-refractivity contribution in [1.29, 1.82) is 0 Å². The zero-order valence-corrected chi connectivity index (χ0v) is 13.3. The van der Waals surface area contributed by atoms with E-state index in [1.165, 1.54) is 19.1 Å². The van der Waals surface area contributed by atoms with Crippen molar-refractivity contribution in [3.8, 4) is 0 Å². The van der Waals surface area contributed by atoms with Gasteiger partial charge in [0.2, 0.25) is 5.91 Å². The van der Waals surface area contributed by atoms with Gasteiger partial charge >= 0.3 is 12.1 Å². The van der Waals surface area contributed by atoms with Crippen LogP contribution in [0.2, 0.25) is 0 Å². The summed E-state index contributed by atoms with van der Waals surface area (Å²) in [6.45, 7) is 4.92. The molecule has 7 heteroatoms. The lowest BCUT2D eigenvalue weighted by Gasteiger charge is -2.18. The fourth-order valence-corrected chi connectivity index (χ4v) is 1.85. The zero-order valence-electron chi connectivity index (χ0n) is 13.3. The maximum atomic E-state index is 12.3. The highest BCUT2D eigenvalue weighted by atomic mass is 16.5. The first-order valence-electron chi connectivity index (χ1n) is 7.26. The maximum Gasteiger partial charge on any atom is 0.408 e. The monoisotopic (exact) mass is 332 g/mol. The molecule has 0 radical (unpaired) electrons. The van der Waals surface area contributed by atoms with E-state index in [0.29, 0.717) is 0 Å². The van der Waals surface area contributed by atoms with Gasteiger partial charge in [-0.25, -0.2) is 9.59 Å². The van der Waals surface area contributed by atoms with Crippen molar-refractivity contribution in [1.82, 2.24) is 10.6 Å². The van der Waals surface area contributed by atoms with Crippen LogP contribution >= 0.6 is 0 Å². The minimum atomic E-state index is -1.27. The molecule has 0 spiro atoms. The van der Waals surface area contributed by atoms with Crippen LogP contribution in [0.1, 0.15) is 12.5 Å². The summed E-state index contributed by atoms with van der Waals surface area (Å²) in [6, 6.07) is 8.03. The molecule has 1 atom stereocenters. The van der Waals surface area contributed by atoms with Crippen LogP contribution in [0, 0.1) is 0 Å². The molecule has 0 saturated heterocycles. The molecule has 0 fully saturated rings. The summed E-state index contributed by atoms with van der Waals surface area (Å²) < 4.78 is 4.81. The van der Waals surface area contributed by atoms with Crippen molar-refractivity contribution >= 4 is 18.0 Å². The molecule has 0 aromatic heterocycles. The third-order valence-corrected chi connectivity index (χ3v) is 3.00. The first kappa shape index (κ1) is 19.0. The van der Waals surface area contributed by atoms with Crippen LogP contribution in [0.25, 0.3) is 0 Å². The number of allylic oxidation sites excluding steroid dienone is 1. The second-order valence-corrected chi connectivity index (χ2v) is 4.77. The number of carbonyl (C=O) groups excluding carboxylic acids is 2. The normalized spacial score (nSPS) is 12.0. The Kier molecular flexibility index (Phi) is 7.77. The molecule has 24 heavy (non-hydrogen) atoms. The van der Waals surface area contributed by atoms with Crippen LogP contribution in [-0.4, -0.2) is 35.7 Å². The molecule has 0 heterocycles. The van der Waals surface area contributed by atoms with Gasteiger partial charge in [-0.2, -0.15) is 0 Å². The number of carboxylic acids is 1. The van der Waals surface area contributed by atoms with Crippen LogP contribution < -0.4 is 10.6 Å². The fourth-order valence-electron chi connectivity index (χ4n) is 1.85. The molecule has 0 bridgehead atoms. The number of ether oxygens (including phenoxy) is 1. The predicted octanol–water partition coefficient (Wildman–Crippen LogP) is 1.61. The number of rotatable bonds is 8. The van der Waals surface area contributed by atoms with Crippen LogP contribution in [0.3, 0.4) is 0 Å². The van der Waals surface area contributed by atoms with E-state index in [-0.39, 0.29) is 18.7 Å². The second kappa shape index (κ2) is 9.83. The first-order chi connectivity index (χ1) is 11.5. The molecule has 1 aromatic rings. The Hall–Kier alpha value is -3.09. The average Bonchev–Trinajstić information content (AvgIpc) is 2.57. The van der Waals surface area contributed by atoms with E-state index in [0.717, 1.165) is 5.56 Å². The molecule has 3 N–H and O–H groups in total. The Morgan fingerprint density at radius 1 is 1.29 bits per heavy atom. The summed E-state index contributed by atoms with van der Waals surface area (Å²) in [6.07, 6.45) is 2.06. The first-order valence-corrected chi connectivity index (χ1v) is 7.26. The van der Waals surface area contributed by atoms with E-state index >= 15 is 0 Å². The highest BCUT2D eigenvalue weighted by Gasteiger charge is 2.23. The van der Waals surface area contributed by atoms with E-state index < -0.39 is 24.0 Å². The topological polar surface area (TPSA) is 105 Å². The van der Waals surface area contributed by atoms with Crippen molar-refractivity contribution in [2.45, 2.75) is 19.4 Å². The highest BCUT2D eigenvalue weighted by molar-refractivity contribution is 5.95. The number of hydrogen-bond donors (Lipinski definition) is 3. The van der Waals surface area contributed by atoms with Crippen LogP contribution in [0.15, 0.2) is 54.8 Å². The summed E-state index contributed by atoms with van der Waals surface area (Å²) >= 11 is 0. The number of alkyl carbamates (subject to hydrolysis) is 1. The Labute approximate surface area is 140 Å². The van der Waals surface area contributed by atoms with Crippen molar-refractivity contribution < 1.29 is 24.2 Å². The Balaban J connectivity index is 2.86. The molecule has 7 nitrogen and oxygen atoms in total. The molecule has 0 aliphatic heterocycles. The quantitative estimate of drug-likeness (QED) is 0.495. The summed E-state index contributed by atoms with van der Waals surface area (Å²) in [5.74, 6) is -1.91. The molecule has 1 rings (SSSR count). The average molecular weight is 332 g/mol. The predicted molar refractivity (Wildman–Crippen MR) is 88.2 cm³/mol. The van der Waals surface area contributed by atoms with Gasteiger partial charge in [0.15, 0.2) is 0 Å². The van der Waals surface area contributed by atoms with Gasteiger partial charge in [0.25, 0.3) is 0 Å². The third kappa shape index (κ3) is 6.35. The molecule has 0 unspecified atom stereocenters. The van der Waals surface area contributed by atoms with Gasteiger partial charge < -0.3 is 20.5 Å². The molecule has 0 aliphatic carbocycles. The molecular weight excluding hydrogens is 312 g/mol. The number of carbonyl (C=O) groups is 3. The van der Waals surface area contributed by atoms with Gasteiger partial charge in [0.1, 0.15) is 18.3 Å². The summed E-state index contributed by atoms with van der Waals surface area (Å²) in [5, 5.41) is 13.7. The number of nitrogens with one attached hydrogen (secondary N) is 2. The Bertz CT molecular complexity index is 625. The Morgan fingerprint density at radius 3 is 2.50 bits per heavy atom. The SMILES string of the molecule is C=CCOC(=O)N[C@@H](Cc1ccccc1)C(=O)N/C(=C\C)C(=O)O. The fraction of sp³-hybridized carbons (Fsp3) is 0.235. The van der Waals surface area contributed by atoms with Gasteiger partial charge in [-0.15, -0.1) is 0 Å². The van der Waals surface area contributed by atoms with Crippen molar-refractivity contribution in [2.24, 2.45) is 0 Å². The summed E-state index contributed by atoms with van der Waals surface area (Å²) in [5.41, 5.74) is 0.540. The molecule has 0 aliphatic rings. The van der Waals surface area contributed by atoms with Crippen LogP contribution in [0.4, 0.5) is 4.79 Å². The van der Waals surface area contributed by atoms with E-state index in [1.807, 2.05) is 6.07 Å². The Morgan fingerprint density at radius 2 is 1.96 bits per heavy atom. The summed E-state index contributed by atoms with van der Waals surface area (Å²) in [7, 11) is 0. The number of aliphatic carboxylic acids is 1. The smallest absolute Gasteiger partial charge is 0.408 e. The lowest BCUT2D eigenvalue weighted by molar-refractivity contribution is -0.134. The maximum absolute atomic E-state index is 12.3. The molecular formula is C17H20N2O5. The van der Waals surface area contributed by atoms with Crippen molar-refractivity contribution in [2.75, 3.05) is 6.61 Å². The van der Waals surface area contributed by atoms with Gasteiger partial charge in [0.05, 0.1) is 0 Å². The molecule has 0 saturated carbocycles. The molecule has 2 amide bonds. The number of benzene rings is 1. The molecule has 1 aromatic carbocycles. The minimum absolute atomic E-state index is 0.000742. The highest BCUT2D eigenvalue weighted by Crippen LogP contribution is 2.05. The van der Waals surface area contributed by atoms with E-state index in [9.17, 15) is 14.4 Å².